The number of benzene rings is 2. The van der Waals surface area contributed by atoms with Crippen LogP contribution in [0.4, 0.5) is 0 Å². The molecule has 0 unspecified atom stereocenters. The molecule has 0 aromatic heterocycles. The largest absolute Gasteiger partial charge is 0.309 e. The van der Waals surface area contributed by atoms with E-state index < -0.39 is 0 Å². The number of ketones is 1. The van der Waals surface area contributed by atoms with Gasteiger partial charge in [0.1, 0.15) is 0 Å². The van der Waals surface area contributed by atoms with Crippen LogP contribution in [-0.2, 0) is 32.4 Å². The van der Waals surface area contributed by atoms with Gasteiger partial charge in [-0.2, -0.15) is 0 Å². The third kappa shape index (κ3) is 2.40. The van der Waals surface area contributed by atoms with Crippen LogP contribution in [-0.4, -0.2) is 5.78 Å². The van der Waals surface area contributed by atoms with Crippen LogP contribution in [0.5, 0.6) is 0 Å². The van der Waals surface area contributed by atoms with Crippen LogP contribution in [0.3, 0.4) is 0 Å². The van der Waals surface area contributed by atoms with E-state index in [0.29, 0.717) is 6.42 Å². The fourth-order valence-electron chi connectivity index (χ4n) is 3.49. The molecule has 1 N–H and O–H groups in total. The van der Waals surface area contributed by atoms with Gasteiger partial charge in [0.2, 0.25) is 0 Å². The number of carbonyl (C=O) groups excluding carboxylic acids is 1. The Labute approximate surface area is 125 Å². The molecule has 0 radical (unpaired) electrons. The summed E-state index contributed by atoms with van der Waals surface area (Å²) in [5.41, 5.74) is 7.50. The molecule has 0 fully saturated rings. The number of nitrogens with one attached hydrogen (secondary N) is 1. The van der Waals surface area contributed by atoms with E-state index in [1.165, 1.54) is 41.5 Å². The molecule has 0 bridgehead atoms. The maximum absolute atomic E-state index is 12.5. The van der Waals surface area contributed by atoms with Gasteiger partial charge < -0.3 is 5.32 Å². The zero-order valence-corrected chi connectivity index (χ0v) is 12.1. The molecule has 21 heavy (non-hydrogen) atoms. The molecule has 1 heterocycles. The fourth-order valence-corrected chi connectivity index (χ4v) is 3.49. The van der Waals surface area contributed by atoms with Crippen molar-refractivity contribution in [1.29, 1.82) is 0 Å². The summed E-state index contributed by atoms with van der Waals surface area (Å²) < 4.78 is 0. The van der Waals surface area contributed by atoms with Crippen LogP contribution < -0.4 is 5.32 Å². The highest BCUT2D eigenvalue weighted by atomic mass is 16.1. The first-order chi connectivity index (χ1) is 10.3. The minimum atomic E-state index is 0.225. The van der Waals surface area contributed by atoms with Gasteiger partial charge in [0, 0.05) is 25.1 Å². The van der Waals surface area contributed by atoms with Gasteiger partial charge in [0.15, 0.2) is 5.78 Å². The Morgan fingerprint density at radius 1 is 0.905 bits per heavy atom. The molecule has 1 aliphatic heterocycles. The summed E-state index contributed by atoms with van der Waals surface area (Å²) in [6.45, 7) is 1.81. The zero-order chi connectivity index (χ0) is 14.2. The molecule has 2 aromatic rings. The average Bonchev–Trinajstić information content (AvgIpc) is 3.14. The summed E-state index contributed by atoms with van der Waals surface area (Å²) in [6, 6.07) is 12.7. The Balaban J connectivity index is 1.55. The minimum Gasteiger partial charge on any atom is -0.309 e. The quantitative estimate of drug-likeness (QED) is 0.873. The number of fused-ring (bicyclic) bond motifs is 2. The van der Waals surface area contributed by atoms with Gasteiger partial charge in [0.05, 0.1) is 0 Å². The third-order valence-corrected chi connectivity index (χ3v) is 4.69. The lowest BCUT2D eigenvalue weighted by atomic mass is 9.97. The van der Waals surface area contributed by atoms with E-state index in [4.69, 9.17) is 0 Å². The zero-order valence-electron chi connectivity index (χ0n) is 12.1. The number of aryl methyl sites for hydroxylation is 2. The van der Waals surface area contributed by atoms with Crippen LogP contribution in [0.15, 0.2) is 36.4 Å². The molecule has 2 aromatic carbocycles. The number of rotatable bonds is 3. The predicted molar refractivity (Wildman–Crippen MR) is 83.5 cm³/mol. The maximum atomic E-state index is 12.5. The summed E-state index contributed by atoms with van der Waals surface area (Å²) in [5, 5.41) is 3.32. The van der Waals surface area contributed by atoms with E-state index in [9.17, 15) is 4.79 Å². The van der Waals surface area contributed by atoms with Gasteiger partial charge in [-0.3, -0.25) is 4.79 Å². The van der Waals surface area contributed by atoms with Gasteiger partial charge in [0.25, 0.3) is 0 Å². The second-order valence-electron chi connectivity index (χ2n) is 6.14. The van der Waals surface area contributed by atoms with E-state index in [0.717, 1.165) is 24.2 Å². The van der Waals surface area contributed by atoms with Crippen molar-refractivity contribution in [1.82, 2.24) is 5.32 Å². The highest BCUT2D eigenvalue weighted by Crippen LogP contribution is 2.24. The Hall–Kier alpha value is -1.93. The normalized spacial score (nSPS) is 15.8. The third-order valence-electron chi connectivity index (χ3n) is 4.69. The fraction of sp³-hybridized carbons (Fsp3) is 0.316. The Morgan fingerprint density at radius 3 is 2.67 bits per heavy atom. The van der Waals surface area contributed by atoms with Crippen LogP contribution in [0.1, 0.15) is 44.6 Å². The highest BCUT2D eigenvalue weighted by molar-refractivity contribution is 5.97. The van der Waals surface area contributed by atoms with E-state index in [1.54, 1.807) is 0 Å². The van der Waals surface area contributed by atoms with Crippen LogP contribution >= 0.6 is 0 Å². The molecule has 0 atom stereocenters. The molecule has 2 heteroatoms. The lowest BCUT2D eigenvalue weighted by molar-refractivity contribution is 0.0993. The van der Waals surface area contributed by atoms with E-state index in [2.05, 4.69) is 35.6 Å². The molecule has 1 aliphatic carbocycles. The number of hydrogen-bond acceptors (Lipinski definition) is 2. The monoisotopic (exact) mass is 277 g/mol. The highest BCUT2D eigenvalue weighted by Gasteiger charge is 2.15. The van der Waals surface area contributed by atoms with E-state index in [-0.39, 0.29) is 5.78 Å². The number of Topliss-reactive ketones (excluding diaryl/α,β-unsaturated/α-hetero) is 1. The topological polar surface area (TPSA) is 29.1 Å². The molecule has 0 amide bonds. The summed E-state index contributed by atoms with van der Waals surface area (Å²) in [6.07, 6.45) is 4.13. The molecule has 2 nitrogen and oxygen atoms in total. The predicted octanol–water partition coefficient (Wildman–Crippen LogP) is 3.20. The van der Waals surface area contributed by atoms with E-state index >= 15 is 0 Å². The van der Waals surface area contributed by atoms with Crippen molar-refractivity contribution < 1.29 is 4.79 Å². The standard InChI is InChI=1S/C19H19NO/c21-19(16-6-7-17-11-20-12-18(17)10-16)9-13-4-5-14-2-1-3-15(14)8-13/h4-8,10,20H,1-3,9,11-12H2. The van der Waals surface area contributed by atoms with Crippen molar-refractivity contribution in [2.75, 3.05) is 0 Å². The first kappa shape index (κ1) is 12.8. The SMILES string of the molecule is O=C(Cc1ccc2c(c1)CCC2)c1ccc2c(c1)CNC2. The summed E-state index contributed by atoms with van der Waals surface area (Å²) >= 11 is 0. The Kier molecular flexibility index (Phi) is 3.12. The lowest BCUT2D eigenvalue weighted by Gasteiger charge is -2.06. The van der Waals surface area contributed by atoms with Crippen molar-refractivity contribution in [2.45, 2.75) is 38.8 Å². The van der Waals surface area contributed by atoms with Gasteiger partial charge >= 0.3 is 0 Å². The molecule has 0 spiro atoms. The van der Waals surface area contributed by atoms with E-state index in [1.807, 2.05) is 6.07 Å². The first-order valence-corrected chi connectivity index (χ1v) is 7.76. The summed E-state index contributed by atoms with van der Waals surface area (Å²) in [5.74, 6) is 0.225. The Bertz CT molecular complexity index is 718. The van der Waals surface area contributed by atoms with Gasteiger partial charge in [-0.05, 0) is 53.1 Å². The lowest BCUT2D eigenvalue weighted by Crippen LogP contribution is -2.05. The summed E-state index contributed by atoms with van der Waals surface area (Å²) in [7, 11) is 0. The second kappa shape index (κ2) is 5.12. The van der Waals surface area contributed by atoms with Gasteiger partial charge in [-0.15, -0.1) is 0 Å². The second-order valence-corrected chi connectivity index (χ2v) is 6.14. The van der Waals surface area contributed by atoms with Gasteiger partial charge in [-0.1, -0.05) is 30.3 Å². The van der Waals surface area contributed by atoms with Crippen LogP contribution in [0.2, 0.25) is 0 Å². The molecule has 0 saturated carbocycles. The van der Waals surface area contributed by atoms with Crippen molar-refractivity contribution in [3.8, 4) is 0 Å². The number of hydrogen-bond donors (Lipinski definition) is 1. The molecular weight excluding hydrogens is 258 g/mol. The van der Waals surface area contributed by atoms with Gasteiger partial charge in [-0.25, -0.2) is 0 Å². The summed E-state index contributed by atoms with van der Waals surface area (Å²) in [4.78, 5) is 12.5. The molecule has 0 saturated heterocycles. The molecule has 4 rings (SSSR count). The van der Waals surface area contributed by atoms with Crippen LogP contribution in [0, 0.1) is 0 Å². The van der Waals surface area contributed by atoms with Crippen molar-refractivity contribution in [3.63, 3.8) is 0 Å². The van der Waals surface area contributed by atoms with Crippen molar-refractivity contribution >= 4 is 5.78 Å². The maximum Gasteiger partial charge on any atom is 0.167 e. The first-order valence-electron chi connectivity index (χ1n) is 7.76. The molecule has 2 aliphatic rings. The molecule has 106 valence electrons. The average molecular weight is 277 g/mol. The number of carbonyl (C=O) groups is 1. The van der Waals surface area contributed by atoms with Crippen LogP contribution in [0.25, 0.3) is 0 Å². The molecular formula is C19H19NO. The minimum absolute atomic E-state index is 0.225. The van der Waals surface area contributed by atoms with Crippen molar-refractivity contribution in [2.24, 2.45) is 0 Å². The van der Waals surface area contributed by atoms with Crippen molar-refractivity contribution in [3.05, 3.63) is 69.8 Å². The Morgan fingerprint density at radius 2 is 1.71 bits per heavy atom. The smallest absolute Gasteiger partial charge is 0.167 e.